The number of aryl methyl sites for hydroxylation is 3. The molecular weight excluding hydrogens is 336 g/mol. The van der Waals surface area contributed by atoms with Crippen molar-refractivity contribution in [1.29, 1.82) is 0 Å². The minimum atomic E-state index is 0.0182. The number of rotatable bonds is 3. The first-order valence-corrected chi connectivity index (χ1v) is 9.59. The van der Waals surface area contributed by atoms with E-state index >= 15 is 0 Å². The van der Waals surface area contributed by atoms with E-state index < -0.39 is 0 Å². The standard InChI is InChI=1S/C22H26N4O/c1-15-9-10-18(12-16(15)2)23-19-7-5-11-25(13-19)22(27)20-14-26-17(3)6-4-8-21(26)24-20/h4,6,8-10,12,14,19,23H,5,7,11,13H2,1-3H3. The van der Waals surface area contributed by atoms with E-state index in [-0.39, 0.29) is 11.9 Å². The molecule has 1 aliphatic heterocycles. The number of carbonyl (C=O) groups excluding carboxylic acids is 1. The third-order valence-corrected chi connectivity index (χ3v) is 5.50. The van der Waals surface area contributed by atoms with Gasteiger partial charge in [0.15, 0.2) is 0 Å². The van der Waals surface area contributed by atoms with E-state index in [1.165, 1.54) is 11.1 Å². The maximum atomic E-state index is 13.0. The summed E-state index contributed by atoms with van der Waals surface area (Å²) >= 11 is 0. The first kappa shape index (κ1) is 17.6. The second kappa shape index (κ2) is 7.06. The van der Waals surface area contributed by atoms with Crippen molar-refractivity contribution in [3.05, 3.63) is 65.1 Å². The quantitative estimate of drug-likeness (QED) is 0.767. The SMILES string of the molecule is Cc1ccc(NC2CCCN(C(=O)c3cn4c(C)cccc4n3)C2)cc1C. The van der Waals surface area contributed by atoms with Crippen LogP contribution < -0.4 is 5.32 Å². The number of imidazole rings is 1. The van der Waals surface area contributed by atoms with Crippen LogP contribution in [0, 0.1) is 20.8 Å². The van der Waals surface area contributed by atoms with E-state index in [4.69, 9.17) is 0 Å². The van der Waals surface area contributed by atoms with Crippen molar-refractivity contribution < 1.29 is 4.79 Å². The Morgan fingerprint density at radius 2 is 2.00 bits per heavy atom. The maximum Gasteiger partial charge on any atom is 0.274 e. The lowest BCUT2D eigenvalue weighted by atomic mass is 10.0. The third kappa shape index (κ3) is 3.54. The topological polar surface area (TPSA) is 49.6 Å². The van der Waals surface area contributed by atoms with Crippen LogP contribution >= 0.6 is 0 Å². The second-order valence-electron chi connectivity index (χ2n) is 7.56. The summed E-state index contributed by atoms with van der Waals surface area (Å²) in [5, 5.41) is 3.60. The van der Waals surface area contributed by atoms with Gasteiger partial charge in [-0.1, -0.05) is 12.1 Å². The van der Waals surface area contributed by atoms with Crippen molar-refractivity contribution in [1.82, 2.24) is 14.3 Å². The molecule has 27 heavy (non-hydrogen) atoms. The molecule has 2 aromatic heterocycles. The summed E-state index contributed by atoms with van der Waals surface area (Å²) in [6.07, 6.45) is 3.93. The van der Waals surface area contributed by atoms with Crippen molar-refractivity contribution in [3.63, 3.8) is 0 Å². The van der Waals surface area contributed by atoms with Crippen LogP contribution in [0.3, 0.4) is 0 Å². The monoisotopic (exact) mass is 362 g/mol. The fraction of sp³-hybridized carbons (Fsp3) is 0.364. The summed E-state index contributed by atoms with van der Waals surface area (Å²) < 4.78 is 1.97. The normalized spacial score (nSPS) is 17.3. The van der Waals surface area contributed by atoms with Crippen LogP contribution in [-0.4, -0.2) is 39.3 Å². The highest BCUT2D eigenvalue weighted by Gasteiger charge is 2.26. The van der Waals surface area contributed by atoms with Gasteiger partial charge >= 0.3 is 0 Å². The van der Waals surface area contributed by atoms with Gasteiger partial charge in [-0.3, -0.25) is 4.79 Å². The average Bonchev–Trinajstić information content (AvgIpc) is 3.10. The molecule has 1 amide bonds. The molecule has 3 heterocycles. The molecule has 0 radical (unpaired) electrons. The Morgan fingerprint density at radius 3 is 2.78 bits per heavy atom. The van der Waals surface area contributed by atoms with Gasteiger partial charge < -0.3 is 14.6 Å². The molecule has 0 aliphatic carbocycles. The first-order valence-electron chi connectivity index (χ1n) is 9.59. The van der Waals surface area contributed by atoms with E-state index in [9.17, 15) is 4.79 Å². The number of amides is 1. The predicted molar refractivity (Wildman–Crippen MR) is 108 cm³/mol. The van der Waals surface area contributed by atoms with Gasteiger partial charge in [0.1, 0.15) is 11.3 Å². The minimum Gasteiger partial charge on any atom is -0.381 e. The molecule has 4 rings (SSSR count). The lowest BCUT2D eigenvalue weighted by Crippen LogP contribution is -2.45. The number of aromatic nitrogens is 2. The molecular formula is C22H26N4O. The summed E-state index contributed by atoms with van der Waals surface area (Å²) in [6, 6.07) is 12.6. The van der Waals surface area contributed by atoms with Crippen molar-refractivity contribution in [2.75, 3.05) is 18.4 Å². The number of nitrogens with zero attached hydrogens (tertiary/aromatic N) is 3. The number of benzene rings is 1. The summed E-state index contributed by atoms with van der Waals surface area (Å²) in [7, 11) is 0. The number of piperidine rings is 1. The Hall–Kier alpha value is -2.82. The van der Waals surface area contributed by atoms with Gasteiger partial charge in [0.25, 0.3) is 5.91 Å². The number of pyridine rings is 1. The Kier molecular flexibility index (Phi) is 4.60. The molecule has 1 fully saturated rings. The number of carbonyl (C=O) groups is 1. The van der Waals surface area contributed by atoms with Crippen LogP contribution in [0.4, 0.5) is 5.69 Å². The maximum absolute atomic E-state index is 13.0. The van der Waals surface area contributed by atoms with E-state index in [0.717, 1.165) is 36.4 Å². The van der Waals surface area contributed by atoms with Crippen molar-refractivity contribution in [2.45, 2.75) is 39.7 Å². The van der Waals surface area contributed by atoms with Crippen LogP contribution in [0.15, 0.2) is 42.6 Å². The van der Waals surface area contributed by atoms with Crippen molar-refractivity contribution in [3.8, 4) is 0 Å². The second-order valence-corrected chi connectivity index (χ2v) is 7.56. The Balaban J connectivity index is 1.49. The Morgan fingerprint density at radius 1 is 1.15 bits per heavy atom. The van der Waals surface area contributed by atoms with E-state index in [2.05, 4.69) is 42.3 Å². The van der Waals surface area contributed by atoms with E-state index in [1.54, 1.807) is 0 Å². The lowest BCUT2D eigenvalue weighted by Gasteiger charge is -2.33. The third-order valence-electron chi connectivity index (χ3n) is 5.50. The van der Waals surface area contributed by atoms with Crippen LogP contribution in [0.5, 0.6) is 0 Å². The number of hydrogen-bond acceptors (Lipinski definition) is 3. The molecule has 1 N–H and O–H groups in total. The molecule has 0 spiro atoms. The first-order chi connectivity index (χ1) is 13.0. The number of nitrogens with one attached hydrogen (secondary N) is 1. The van der Waals surface area contributed by atoms with Gasteiger partial charge in [0.05, 0.1) is 0 Å². The fourth-order valence-corrected chi connectivity index (χ4v) is 3.76. The molecule has 1 unspecified atom stereocenters. The highest BCUT2D eigenvalue weighted by atomic mass is 16.2. The Bertz CT molecular complexity index is 991. The minimum absolute atomic E-state index is 0.0182. The number of fused-ring (bicyclic) bond motifs is 1. The van der Waals surface area contributed by atoms with Crippen LogP contribution in [0.1, 0.15) is 40.2 Å². The molecule has 0 bridgehead atoms. The van der Waals surface area contributed by atoms with Crippen LogP contribution in [0.2, 0.25) is 0 Å². The smallest absolute Gasteiger partial charge is 0.274 e. The molecule has 140 valence electrons. The van der Waals surface area contributed by atoms with Gasteiger partial charge in [-0.2, -0.15) is 0 Å². The number of anilines is 1. The zero-order valence-corrected chi connectivity index (χ0v) is 16.2. The molecule has 1 atom stereocenters. The van der Waals surface area contributed by atoms with Crippen LogP contribution in [-0.2, 0) is 0 Å². The predicted octanol–water partition coefficient (Wildman–Crippen LogP) is 3.98. The molecule has 1 aliphatic rings. The summed E-state index contributed by atoms with van der Waals surface area (Å²) in [5.41, 5.74) is 6.12. The Labute approximate surface area is 160 Å². The van der Waals surface area contributed by atoms with Crippen LogP contribution in [0.25, 0.3) is 5.65 Å². The zero-order chi connectivity index (χ0) is 19.0. The zero-order valence-electron chi connectivity index (χ0n) is 16.2. The van der Waals surface area contributed by atoms with Gasteiger partial charge in [-0.25, -0.2) is 4.98 Å². The van der Waals surface area contributed by atoms with E-state index in [0.29, 0.717) is 12.2 Å². The number of hydrogen-bond donors (Lipinski definition) is 1. The number of likely N-dealkylation sites (tertiary alicyclic amines) is 1. The van der Waals surface area contributed by atoms with Gasteiger partial charge in [-0.05, 0) is 69.0 Å². The largest absolute Gasteiger partial charge is 0.381 e. The lowest BCUT2D eigenvalue weighted by molar-refractivity contribution is 0.0709. The van der Waals surface area contributed by atoms with Gasteiger partial charge in [0.2, 0.25) is 0 Å². The van der Waals surface area contributed by atoms with Crippen molar-refractivity contribution in [2.24, 2.45) is 0 Å². The van der Waals surface area contributed by atoms with Gasteiger partial charge in [0, 0.05) is 36.7 Å². The molecule has 1 saturated heterocycles. The van der Waals surface area contributed by atoms with E-state index in [1.807, 2.05) is 40.6 Å². The van der Waals surface area contributed by atoms with Gasteiger partial charge in [-0.15, -0.1) is 0 Å². The molecule has 5 heteroatoms. The average molecular weight is 362 g/mol. The highest BCUT2D eigenvalue weighted by molar-refractivity contribution is 5.93. The fourth-order valence-electron chi connectivity index (χ4n) is 3.76. The molecule has 5 nitrogen and oxygen atoms in total. The molecule has 3 aromatic rings. The molecule has 0 saturated carbocycles. The van der Waals surface area contributed by atoms with Crippen molar-refractivity contribution >= 4 is 17.2 Å². The summed E-state index contributed by atoms with van der Waals surface area (Å²) in [4.78, 5) is 19.5. The summed E-state index contributed by atoms with van der Waals surface area (Å²) in [6.45, 7) is 7.77. The summed E-state index contributed by atoms with van der Waals surface area (Å²) in [5.74, 6) is 0.0182. The molecule has 1 aromatic carbocycles. The highest BCUT2D eigenvalue weighted by Crippen LogP contribution is 2.20.